The molecule has 2 aromatic heterocycles. The molecule has 0 aromatic carbocycles. The molecular formula is C16H19N3O4. The van der Waals surface area contributed by atoms with E-state index in [1.165, 1.54) is 0 Å². The number of amides is 1. The van der Waals surface area contributed by atoms with Crippen molar-refractivity contribution in [2.45, 2.75) is 25.8 Å². The summed E-state index contributed by atoms with van der Waals surface area (Å²) in [5, 5.41) is 4.07. The number of hydrogen-bond donors (Lipinski definition) is 0. The lowest BCUT2D eigenvalue weighted by molar-refractivity contribution is -0.135. The number of rotatable bonds is 5. The molecule has 0 bridgehead atoms. The highest BCUT2D eigenvalue weighted by Gasteiger charge is 2.19. The van der Waals surface area contributed by atoms with Gasteiger partial charge in [0, 0.05) is 25.5 Å². The summed E-state index contributed by atoms with van der Waals surface area (Å²) in [6.45, 7) is 1.68. The van der Waals surface area contributed by atoms with Gasteiger partial charge >= 0.3 is 5.97 Å². The number of furan rings is 1. The molecule has 0 spiro atoms. The summed E-state index contributed by atoms with van der Waals surface area (Å²) in [4.78, 5) is 25.6. The zero-order valence-electron chi connectivity index (χ0n) is 12.8. The Balaban J connectivity index is 1.50. The summed E-state index contributed by atoms with van der Waals surface area (Å²) in [6, 6.07) is 5.06. The van der Waals surface area contributed by atoms with Gasteiger partial charge in [-0.25, -0.2) is 4.79 Å². The van der Waals surface area contributed by atoms with Gasteiger partial charge in [0.2, 0.25) is 5.76 Å². The zero-order valence-corrected chi connectivity index (χ0v) is 12.8. The Morgan fingerprint density at radius 1 is 1.22 bits per heavy atom. The number of carbonyl (C=O) groups excluding carboxylic acids is 2. The first kappa shape index (κ1) is 15.3. The van der Waals surface area contributed by atoms with Crippen LogP contribution in [0.2, 0.25) is 0 Å². The molecule has 0 N–H and O–H groups in total. The first-order valence-corrected chi connectivity index (χ1v) is 7.73. The van der Waals surface area contributed by atoms with Crippen LogP contribution >= 0.6 is 0 Å². The third-order valence-corrected chi connectivity index (χ3v) is 3.78. The van der Waals surface area contributed by atoms with Crippen molar-refractivity contribution in [3.63, 3.8) is 0 Å². The minimum atomic E-state index is -0.623. The second kappa shape index (κ2) is 7.13. The van der Waals surface area contributed by atoms with Gasteiger partial charge in [-0.05, 0) is 37.5 Å². The zero-order chi connectivity index (χ0) is 16.1. The van der Waals surface area contributed by atoms with Crippen LogP contribution in [0.3, 0.4) is 0 Å². The summed E-state index contributed by atoms with van der Waals surface area (Å²) >= 11 is 0. The number of carbonyl (C=O) groups is 2. The number of aromatic nitrogens is 2. The molecule has 0 saturated carbocycles. The molecule has 0 aliphatic carbocycles. The fourth-order valence-corrected chi connectivity index (χ4v) is 2.56. The largest absolute Gasteiger partial charge is 0.452 e. The van der Waals surface area contributed by atoms with Gasteiger partial charge in [0.15, 0.2) is 6.61 Å². The Labute approximate surface area is 133 Å². The van der Waals surface area contributed by atoms with Crippen molar-refractivity contribution in [2.75, 3.05) is 19.7 Å². The van der Waals surface area contributed by atoms with E-state index >= 15 is 0 Å². The van der Waals surface area contributed by atoms with Crippen LogP contribution < -0.4 is 0 Å². The normalized spacial score (nSPS) is 14.7. The second-order valence-corrected chi connectivity index (χ2v) is 5.49. The average molecular weight is 317 g/mol. The topological polar surface area (TPSA) is 77.6 Å². The molecule has 23 heavy (non-hydrogen) atoms. The number of piperidine rings is 1. The van der Waals surface area contributed by atoms with Crippen molar-refractivity contribution in [1.29, 1.82) is 0 Å². The SMILES string of the molecule is O=C(OCC(=O)N1CCCCC1)c1ccc(Cn2cccn2)o1. The van der Waals surface area contributed by atoms with Gasteiger partial charge in [0.05, 0.1) is 6.54 Å². The van der Waals surface area contributed by atoms with Crippen LogP contribution in [0.1, 0.15) is 35.6 Å². The smallest absolute Gasteiger partial charge is 0.374 e. The highest BCUT2D eigenvalue weighted by molar-refractivity contribution is 5.88. The van der Waals surface area contributed by atoms with Gasteiger partial charge in [-0.3, -0.25) is 9.48 Å². The number of nitrogens with zero attached hydrogens (tertiary/aromatic N) is 3. The van der Waals surface area contributed by atoms with E-state index in [4.69, 9.17) is 9.15 Å². The van der Waals surface area contributed by atoms with Crippen molar-refractivity contribution < 1.29 is 18.7 Å². The molecule has 1 aliphatic rings. The fourth-order valence-electron chi connectivity index (χ4n) is 2.56. The Bertz CT molecular complexity index is 657. The predicted octanol–water partition coefficient (Wildman–Crippen LogP) is 1.69. The van der Waals surface area contributed by atoms with Gasteiger partial charge in [-0.2, -0.15) is 5.10 Å². The number of ether oxygens (including phenoxy) is 1. The Morgan fingerprint density at radius 2 is 2.04 bits per heavy atom. The van der Waals surface area contributed by atoms with E-state index < -0.39 is 5.97 Å². The summed E-state index contributed by atoms with van der Waals surface area (Å²) in [5.74, 6) is -0.0787. The lowest BCUT2D eigenvalue weighted by atomic mass is 10.1. The van der Waals surface area contributed by atoms with E-state index in [0.29, 0.717) is 12.3 Å². The third kappa shape index (κ3) is 4.00. The minimum Gasteiger partial charge on any atom is -0.452 e. The molecule has 7 nitrogen and oxygen atoms in total. The minimum absolute atomic E-state index is 0.0959. The van der Waals surface area contributed by atoms with Crippen LogP contribution in [-0.2, 0) is 16.1 Å². The summed E-state index contributed by atoms with van der Waals surface area (Å²) in [6.07, 6.45) is 6.64. The monoisotopic (exact) mass is 317 g/mol. The molecule has 1 saturated heterocycles. The van der Waals surface area contributed by atoms with Gasteiger partial charge in [-0.1, -0.05) is 0 Å². The van der Waals surface area contributed by atoms with Crippen LogP contribution in [-0.4, -0.2) is 46.3 Å². The number of hydrogen-bond acceptors (Lipinski definition) is 5. The Hall–Kier alpha value is -2.57. The number of esters is 1. The summed E-state index contributed by atoms with van der Waals surface area (Å²) < 4.78 is 12.2. The highest BCUT2D eigenvalue weighted by atomic mass is 16.5. The molecule has 1 amide bonds. The maximum absolute atomic E-state index is 12.0. The molecule has 122 valence electrons. The fraction of sp³-hybridized carbons (Fsp3) is 0.438. The number of likely N-dealkylation sites (tertiary alicyclic amines) is 1. The van der Waals surface area contributed by atoms with Crippen LogP contribution in [0.15, 0.2) is 35.0 Å². The predicted molar refractivity (Wildman–Crippen MR) is 80.8 cm³/mol. The molecule has 1 aliphatic heterocycles. The van der Waals surface area contributed by atoms with Crippen LogP contribution in [0, 0.1) is 0 Å². The molecule has 7 heteroatoms. The van der Waals surface area contributed by atoms with Crippen LogP contribution in [0.5, 0.6) is 0 Å². The van der Waals surface area contributed by atoms with E-state index in [0.717, 1.165) is 32.4 Å². The molecule has 0 unspecified atom stereocenters. The first-order chi connectivity index (χ1) is 11.2. The summed E-state index contributed by atoms with van der Waals surface area (Å²) in [7, 11) is 0. The van der Waals surface area contributed by atoms with Crippen molar-refractivity contribution >= 4 is 11.9 Å². The molecule has 3 heterocycles. The molecule has 3 rings (SSSR count). The van der Waals surface area contributed by atoms with E-state index in [2.05, 4.69) is 5.10 Å². The van der Waals surface area contributed by atoms with Crippen molar-refractivity contribution in [3.8, 4) is 0 Å². The van der Waals surface area contributed by atoms with E-state index in [1.54, 1.807) is 34.1 Å². The standard InChI is InChI=1S/C16H19N3O4/c20-15(18-8-2-1-3-9-18)12-22-16(21)14-6-5-13(23-14)11-19-10-4-7-17-19/h4-7,10H,1-3,8-9,11-12H2. The Morgan fingerprint density at radius 3 is 2.78 bits per heavy atom. The maximum Gasteiger partial charge on any atom is 0.374 e. The van der Waals surface area contributed by atoms with E-state index in [-0.39, 0.29) is 18.3 Å². The molecule has 2 aromatic rings. The lowest BCUT2D eigenvalue weighted by Crippen LogP contribution is -2.38. The molecule has 0 radical (unpaired) electrons. The van der Waals surface area contributed by atoms with Crippen molar-refractivity contribution in [3.05, 3.63) is 42.1 Å². The van der Waals surface area contributed by atoms with Gasteiger partial charge in [0.25, 0.3) is 5.91 Å². The van der Waals surface area contributed by atoms with Crippen LogP contribution in [0.25, 0.3) is 0 Å². The second-order valence-electron chi connectivity index (χ2n) is 5.49. The Kier molecular flexibility index (Phi) is 4.75. The van der Waals surface area contributed by atoms with Gasteiger partial charge < -0.3 is 14.1 Å². The summed E-state index contributed by atoms with van der Waals surface area (Å²) in [5.41, 5.74) is 0. The quantitative estimate of drug-likeness (QED) is 0.784. The van der Waals surface area contributed by atoms with E-state index in [9.17, 15) is 9.59 Å². The maximum atomic E-state index is 12.0. The van der Waals surface area contributed by atoms with Crippen LogP contribution in [0.4, 0.5) is 0 Å². The molecule has 0 atom stereocenters. The average Bonchev–Trinajstić information content (AvgIpc) is 3.25. The lowest BCUT2D eigenvalue weighted by Gasteiger charge is -2.26. The van der Waals surface area contributed by atoms with Gasteiger partial charge in [-0.15, -0.1) is 0 Å². The van der Waals surface area contributed by atoms with Crippen molar-refractivity contribution in [2.24, 2.45) is 0 Å². The molecular weight excluding hydrogens is 298 g/mol. The highest BCUT2D eigenvalue weighted by Crippen LogP contribution is 2.12. The van der Waals surface area contributed by atoms with E-state index in [1.807, 2.05) is 6.07 Å². The van der Waals surface area contributed by atoms with Gasteiger partial charge in [0.1, 0.15) is 5.76 Å². The molecule has 1 fully saturated rings. The van der Waals surface area contributed by atoms with Crippen molar-refractivity contribution in [1.82, 2.24) is 14.7 Å². The third-order valence-electron chi connectivity index (χ3n) is 3.78. The first-order valence-electron chi connectivity index (χ1n) is 7.73.